The van der Waals surface area contributed by atoms with Gasteiger partial charge in [0.05, 0.1) is 35.8 Å². The van der Waals surface area contributed by atoms with Gasteiger partial charge in [0.1, 0.15) is 5.76 Å². The average Bonchev–Trinajstić information content (AvgIpc) is 3.03. The molecule has 2 rings (SSSR count). The quantitative estimate of drug-likeness (QED) is 0.848. The minimum Gasteiger partial charge on any atom is -0.469 e. The highest BCUT2D eigenvalue weighted by Gasteiger charge is 2.16. The number of rotatable bonds is 7. The van der Waals surface area contributed by atoms with Gasteiger partial charge in [0.15, 0.2) is 0 Å². The first-order valence-corrected chi connectivity index (χ1v) is 6.99. The molecule has 104 valence electrons. The molecule has 1 unspecified atom stereocenters. The summed E-state index contributed by atoms with van der Waals surface area (Å²) in [6.45, 7) is 1.32. The molecule has 0 aromatic carbocycles. The molecule has 0 aliphatic rings. The molecule has 0 saturated heterocycles. The SMILES string of the molecule is COCCn1ncc(Br)c1C(N)CCc1ccco1. The van der Waals surface area contributed by atoms with Gasteiger partial charge in [-0.05, 0) is 34.5 Å². The number of aromatic nitrogens is 2. The van der Waals surface area contributed by atoms with Gasteiger partial charge < -0.3 is 14.9 Å². The van der Waals surface area contributed by atoms with E-state index < -0.39 is 0 Å². The van der Waals surface area contributed by atoms with E-state index in [1.165, 1.54) is 0 Å². The zero-order valence-electron chi connectivity index (χ0n) is 10.9. The number of hydrogen-bond donors (Lipinski definition) is 1. The molecular weight excluding hydrogens is 310 g/mol. The van der Waals surface area contributed by atoms with Crippen LogP contribution in [0.4, 0.5) is 0 Å². The van der Waals surface area contributed by atoms with Crippen LogP contribution in [-0.4, -0.2) is 23.5 Å². The molecule has 2 aromatic rings. The summed E-state index contributed by atoms with van der Waals surface area (Å²) >= 11 is 3.50. The van der Waals surface area contributed by atoms with E-state index in [1.807, 2.05) is 16.8 Å². The third-order valence-electron chi connectivity index (χ3n) is 2.97. The summed E-state index contributed by atoms with van der Waals surface area (Å²) in [5.74, 6) is 0.953. The first-order chi connectivity index (χ1) is 9.22. The maximum atomic E-state index is 6.26. The van der Waals surface area contributed by atoms with E-state index in [9.17, 15) is 0 Å². The second-order valence-corrected chi connectivity index (χ2v) is 5.17. The van der Waals surface area contributed by atoms with Crippen molar-refractivity contribution in [3.63, 3.8) is 0 Å². The molecule has 6 heteroatoms. The Kier molecular flexibility index (Phi) is 5.18. The van der Waals surface area contributed by atoms with Gasteiger partial charge in [0.2, 0.25) is 0 Å². The number of methoxy groups -OCH3 is 1. The van der Waals surface area contributed by atoms with Crippen molar-refractivity contribution >= 4 is 15.9 Å². The second-order valence-electron chi connectivity index (χ2n) is 4.32. The van der Waals surface area contributed by atoms with E-state index in [-0.39, 0.29) is 6.04 Å². The van der Waals surface area contributed by atoms with Gasteiger partial charge in [-0.1, -0.05) is 0 Å². The van der Waals surface area contributed by atoms with Crippen LogP contribution in [-0.2, 0) is 17.7 Å². The number of furan rings is 1. The van der Waals surface area contributed by atoms with Crippen molar-refractivity contribution in [2.75, 3.05) is 13.7 Å². The minimum absolute atomic E-state index is 0.0844. The normalized spacial score (nSPS) is 12.8. The number of aryl methyl sites for hydroxylation is 1. The predicted octanol–water partition coefficient (Wildman–Crippen LogP) is 2.52. The smallest absolute Gasteiger partial charge is 0.103 e. The van der Waals surface area contributed by atoms with Gasteiger partial charge in [-0.2, -0.15) is 5.10 Å². The molecule has 2 heterocycles. The van der Waals surface area contributed by atoms with Crippen LogP contribution >= 0.6 is 15.9 Å². The van der Waals surface area contributed by atoms with Crippen molar-refractivity contribution < 1.29 is 9.15 Å². The maximum absolute atomic E-state index is 6.26. The van der Waals surface area contributed by atoms with Crippen LogP contribution in [0.3, 0.4) is 0 Å². The highest BCUT2D eigenvalue weighted by Crippen LogP contribution is 2.25. The molecule has 5 nitrogen and oxygen atoms in total. The lowest BCUT2D eigenvalue weighted by Crippen LogP contribution is -2.19. The van der Waals surface area contributed by atoms with E-state index in [0.29, 0.717) is 13.2 Å². The number of ether oxygens (including phenoxy) is 1. The standard InChI is InChI=1S/C13H18BrN3O2/c1-18-8-6-17-13(11(14)9-16-17)12(15)5-4-10-3-2-7-19-10/h2-3,7,9,12H,4-6,8,15H2,1H3. The molecule has 0 radical (unpaired) electrons. The molecule has 0 bridgehead atoms. The molecule has 0 fully saturated rings. The lowest BCUT2D eigenvalue weighted by molar-refractivity contribution is 0.182. The monoisotopic (exact) mass is 327 g/mol. The first kappa shape index (κ1) is 14.3. The largest absolute Gasteiger partial charge is 0.469 e. The lowest BCUT2D eigenvalue weighted by Gasteiger charge is -2.14. The molecule has 0 aliphatic heterocycles. The fraction of sp³-hybridized carbons (Fsp3) is 0.462. The zero-order valence-corrected chi connectivity index (χ0v) is 12.5. The van der Waals surface area contributed by atoms with Crippen molar-refractivity contribution in [2.24, 2.45) is 5.73 Å². The Balaban J connectivity index is 2.01. The van der Waals surface area contributed by atoms with Gasteiger partial charge in [-0.25, -0.2) is 0 Å². The van der Waals surface area contributed by atoms with Crippen molar-refractivity contribution in [2.45, 2.75) is 25.4 Å². The average molecular weight is 328 g/mol. The Morgan fingerprint density at radius 1 is 1.58 bits per heavy atom. The maximum Gasteiger partial charge on any atom is 0.103 e. The van der Waals surface area contributed by atoms with Gasteiger partial charge in [0.25, 0.3) is 0 Å². The Bertz CT molecular complexity index is 496. The molecule has 19 heavy (non-hydrogen) atoms. The molecule has 0 spiro atoms. The van der Waals surface area contributed by atoms with Crippen molar-refractivity contribution in [1.82, 2.24) is 9.78 Å². The van der Waals surface area contributed by atoms with Crippen LogP contribution < -0.4 is 5.73 Å². The van der Waals surface area contributed by atoms with Crippen LogP contribution in [0, 0.1) is 0 Å². The topological polar surface area (TPSA) is 66.2 Å². The van der Waals surface area contributed by atoms with Crippen LogP contribution in [0.25, 0.3) is 0 Å². The Hall–Kier alpha value is -1.11. The van der Waals surface area contributed by atoms with Gasteiger partial charge in [-0.15, -0.1) is 0 Å². The third kappa shape index (κ3) is 3.68. The molecule has 0 saturated carbocycles. The highest BCUT2D eigenvalue weighted by atomic mass is 79.9. The fourth-order valence-electron chi connectivity index (χ4n) is 1.99. The minimum atomic E-state index is -0.0844. The van der Waals surface area contributed by atoms with E-state index in [2.05, 4.69) is 21.0 Å². The van der Waals surface area contributed by atoms with Crippen LogP contribution in [0.15, 0.2) is 33.5 Å². The molecule has 2 aromatic heterocycles. The molecule has 1 atom stereocenters. The summed E-state index contributed by atoms with van der Waals surface area (Å²) in [6.07, 6.45) is 5.08. The summed E-state index contributed by atoms with van der Waals surface area (Å²) in [7, 11) is 1.68. The second kappa shape index (κ2) is 6.88. The number of nitrogens with two attached hydrogens (primary N) is 1. The Morgan fingerprint density at radius 3 is 3.11 bits per heavy atom. The van der Waals surface area contributed by atoms with Gasteiger partial charge in [0, 0.05) is 19.6 Å². The fourth-order valence-corrected chi connectivity index (χ4v) is 2.58. The number of hydrogen-bond acceptors (Lipinski definition) is 4. The third-order valence-corrected chi connectivity index (χ3v) is 3.58. The Morgan fingerprint density at radius 2 is 2.42 bits per heavy atom. The zero-order chi connectivity index (χ0) is 13.7. The van der Waals surface area contributed by atoms with Gasteiger partial charge >= 0.3 is 0 Å². The van der Waals surface area contributed by atoms with E-state index in [4.69, 9.17) is 14.9 Å². The first-order valence-electron chi connectivity index (χ1n) is 6.20. The highest BCUT2D eigenvalue weighted by molar-refractivity contribution is 9.10. The summed E-state index contributed by atoms with van der Waals surface area (Å²) in [4.78, 5) is 0. The van der Waals surface area contributed by atoms with E-state index in [0.717, 1.165) is 28.8 Å². The van der Waals surface area contributed by atoms with Crippen molar-refractivity contribution in [3.05, 3.63) is 40.5 Å². The molecule has 0 aliphatic carbocycles. The van der Waals surface area contributed by atoms with Crippen LogP contribution in [0.1, 0.15) is 23.9 Å². The summed E-state index contributed by atoms with van der Waals surface area (Å²) < 4.78 is 13.2. The summed E-state index contributed by atoms with van der Waals surface area (Å²) in [5.41, 5.74) is 7.26. The van der Waals surface area contributed by atoms with Crippen LogP contribution in [0.2, 0.25) is 0 Å². The lowest BCUT2D eigenvalue weighted by atomic mass is 10.1. The van der Waals surface area contributed by atoms with E-state index >= 15 is 0 Å². The molecular formula is C13H18BrN3O2. The molecule has 0 amide bonds. The van der Waals surface area contributed by atoms with Gasteiger partial charge in [-0.3, -0.25) is 4.68 Å². The van der Waals surface area contributed by atoms with Crippen molar-refractivity contribution in [1.29, 1.82) is 0 Å². The number of halogens is 1. The number of nitrogens with zero attached hydrogens (tertiary/aromatic N) is 2. The van der Waals surface area contributed by atoms with Crippen LogP contribution in [0.5, 0.6) is 0 Å². The Labute approximate surface area is 120 Å². The van der Waals surface area contributed by atoms with Crippen molar-refractivity contribution in [3.8, 4) is 0 Å². The van der Waals surface area contributed by atoms with E-state index in [1.54, 1.807) is 19.6 Å². The molecule has 2 N–H and O–H groups in total. The predicted molar refractivity (Wildman–Crippen MR) is 75.8 cm³/mol. The summed E-state index contributed by atoms with van der Waals surface area (Å²) in [6, 6.07) is 3.77. The summed E-state index contributed by atoms with van der Waals surface area (Å²) in [5, 5.41) is 4.31.